The molecule has 0 saturated carbocycles. The van der Waals surface area contributed by atoms with Gasteiger partial charge in [0, 0.05) is 10.7 Å². The average Bonchev–Trinajstić information content (AvgIpc) is 2.90. The average molecular weight is 540 g/mol. The van der Waals surface area contributed by atoms with Gasteiger partial charge in [-0.1, -0.05) is 45.2 Å². The van der Waals surface area contributed by atoms with Gasteiger partial charge in [-0.05, 0) is 57.9 Å². The molecule has 0 aliphatic rings. The maximum Gasteiger partial charge on any atom is 0.263 e. The molecule has 0 saturated heterocycles. The van der Waals surface area contributed by atoms with Crippen molar-refractivity contribution in [3.05, 3.63) is 73.2 Å². The van der Waals surface area contributed by atoms with Gasteiger partial charge in [-0.15, -0.1) is 0 Å². The summed E-state index contributed by atoms with van der Waals surface area (Å²) in [5, 5.41) is 5.20. The first-order chi connectivity index (χ1) is 12.2. The Kier molecular flexibility index (Phi) is 5.98. The van der Waals surface area contributed by atoms with Crippen molar-refractivity contribution in [3.8, 4) is 0 Å². The van der Waals surface area contributed by atoms with Crippen LogP contribution >= 0.6 is 55.1 Å². The lowest BCUT2D eigenvalue weighted by molar-refractivity contribution is 0.600. The first-order valence-corrected chi connectivity index (χ1v) is 11.0. The monoisotopic (exact) mass is 537 g/mol. The van der Waals surface area contributed by atoms with Gasteiger partial charge in [-0.25, -0.2) is 8.42 Å². The van der Waals surface area contributed by atoms with Crippen molar-refractivity contribution in [2.24, 2.45) is 0 Å². The number of benzene rings is 2. The highest BCUT2D eigenvalue weighted by Crippen LogP contribution is 2.26. The zero-order valence-electron chi connectivity index (χ0n) is 13.0. The van der Waals surface area contributed by atoms with Crippen LogP contribution in [0.3, 0.4) is 0 Å². The minimum Gasteiger partial charge on any atom is -0.265 e. The fourth-order valence-electron chi connectivity index (χ4n) is 2.17. The molecule has 1 aromatic heterocycles. The van der Waals surface area contributed by atoms with Gasteiger partial charge in [-0.3, -0.25) is 9.40 Å². The molecule has 0 aliphatic carbocycles. The van der Waals surface area contributed by atoms with E-state index in [0.717, 1.165) is 10.0 Å². The smallest absolute Gasteiger partial charge is 0.263 e. The van der Waals surface area contributed by atoms with Crippen molar-refractivity contribution in [1.29, 1.82) is 0 Å². The van der Waals surface area contributed by atoms with E-state index < -0.39 is 10.0 Å². The standard InChI is InChI=1S/C16H11Br2Cl2N3O2S/c17-11-2-4-12(5-3-11)26(24,25)22-16-13(18)9-23(21-16)8-10-1-6-14(19)15(20)7-10/h1-7,9H,8H2,(H,21,22). The van der Waals surface area contributed by atoms with E-state index in [9.17, 15) is 8.42 Å². The summed E-state index contributed by atoms with van der Waals surface area (Å²) in [4.78, 5) is 0.145. The van der Waals surface area contributed by atoms with E-state index in [0.29, 0.717) is 21.1 Å². The molecule has 0 fully saturated rings. The highest BCUT2D eigenvalue weighted by atomic mass is 79.9. The highest BCUT2D eigenvalue weighted by Gasteiger charge is 2.18. The van der Waals surface area contributed by atoms with Gasteiger partial charge >= 0.3 is 0 Å². The number of nitrogens with one attached hydrogen (secondary N) is 1. The van der Waals surface area contributed by atoms with Crippen molar-refractivity contribution >= 4 is 70.9 Å². The molecule has 5 nitrogen and oxygen atoms in total. The molecule has 0 spiro atoms. The van der Waals surface area contributed by atoms with Crippen LogP contribution in [0, 0.1) is 0 Å². The molecule has 0 radical (unpaired) electrons. The van der Waals surface area contributed by atoms with E-state index in [-0.39, 0.29) is 10.7 Å². The second kappa shape index (κ2) is 7.90. The summed E-state index contributed by atoms with van der Waals surface area (Å²) >= 11 is 18.5. The molecule has 0 amide bonds. The lowest BCUT2D eigenvalue weighted by atomic mass is 10.2. The summed E-state index contributed by atoms with van der Waals surface area (Å²) in [7, 11) is -3.74. The molecule has 0 aliphatic heterocycles. The summed E-state index contributed by atoms with van der Waals surface area (Å²) in [5.74, 6) is 0.202. The highest BCUT2D eigenvalue weighted by molar-refractivity contribution is 9.10. The molecule has 2 aromatic carbocycles. The number of anilines is 1. The van der Waals surface area contributed by atoms with Gasteiger partial charge in [0.1, 0.15) is 0 Å². The number of aromatic nitrogens is 2. The predicted octanol–water partition coefficient (Wildman–Crippen LogP) is 5.56. The second-order valence-corrected chi connectivity index (χ2v) is 9.60. The van der Waals surface area contributed by atoms with E-state index in [4.69, 9.17) is 23.2 Å². The van der Waals surface area contributed by atoms with E-state index >= 15 is 0 Å². The minimum atomic E-state index is -3.74. The molecule has 0 atom stereocenters. The van der Waals surface area contributed by atoms with Crippen molar-refractivity contribution < 1.29 is 8.42 Å². The molecule has 3 aromatic rings. The molecular formula is C16H11Br2Cl2N3O2S. The van der Waals surface area contributed by atoms with Crippen LogP contribution in [0.1, 0.15) is 5.56 Å². The van der Waals surface area contributed by atoms with Crippen LogP contribution < -0.4 is 4.72 Å². The van der Waals surface area contributed by atoms with Crippen molar-refractivity contribution in [2.75, 3.05) is 4.72 Å². The summed E-state index contributed by atoms with van der Waals surface area (Å²) < 4.78 is 30.4. The number of halogens is 4. The first-order valence-electron chi connectivity index (χ1n) is 7.20. The zero-order valence-corrected chi connectivity index (χ0v) is 18.5. The topological polar surface area (TPSA) is 64.0 Å². The summed E-state index contributed by atoms with van der Waals surface area (Å²) in [6.45, 7) is 0.412. The van der Waals surface area contributed by atoms with Gasteiger partial charge < -0.3 is 0 Å². The van der Waals surface area contributed by atoms with Crippen LogP contribution in [0.5, 0.6) is 0 Å². The van der Waals surface area contributed by atoms with Crippen molar-refractivity contribution in [1.82, 2.24) is 9.78 Å². The normalized spacial score (nSPS) is 11.5. The predicted molar refractivity (Wildman–Crippen MR) is 110 cm³/mol. The summed E-state index contributed by atoms with van der Waals surface area (Å²) in [5.41, 5.74) is 0.886. The zero-order chi connectivity index (χ0) is 18.9. The van der Waals surface area contributed by atoms with Gasteiger partial charge in [0.05, 0.1) is 26.0 Å². The molecule has 0 unspecified atom stereocenters. The van der Waals surface area contributed by atoms with E-state index in [1.54, 1.807) is 35.1 Å². The Morgan fingerprint density at radius 1 is 1.04 bits per heavy atom. The Morgan fingerprint density at radius 3 is 2.38 bits per heavy atom. The number of hydrogen-bond donors (Lipinski definition) is 1. The van der Waals surface area contributed by atoms with Gasteiger partial charge in [0.2, 0.25) is 0 Å². The van der Waals surface area contributed by atoms with E-state index in [1.807, 2.05) is 6.07 Å². The number of rotatable bonds is 5. The quantitative estimate of drug-likeness (QED) is 0.461. The van der Waals surface area contributed by atoms with E-state index in [1.165, 1.54) is 12.1 Å². The van der Waals surface area contributed by atoms with Crippen LogP contribution in [0.4, 0.5) is 5.82 Å². The number of sulfonamides is 1. The molecule has 10 heteroatoms. The fraction of sp³-hybridized carbons (Fsp3) is 0.0625. The Bertz CT molecular complexity index is 1050. The molecule has 3 rings (SSSR count). The Balaban J connectivity index is 1.81. The largest absolute Gasteiger partial charge is 0.265 e. The minimum absolute atomic E-state index is 0.145. The van der Waals surface area contributed by atoms with Gasteiger partial charge in [-0.2, -0.15) is 5.10 Å². The van der Waals surface area contributed by atoms with Crippen LogP contribution in [0.2, 0.25) is 10.0 Å². The van der Waals surface area contributed by atoms with Crippen LogP contribution in [0.25, 0.3) is 0 Å². The molecule has 0 bridgehead atoms. The Labute approximate surface area is 177 Å². The lowest BCUT2D eigenvalue weighted by Crippen LogP contribution is -2.14. The number of hydrogen-bond acceptors (Lipinski definition) is 3. The second-order valence-electron chi connectivity index (χ2n) is 5.33. The molecule has 26 heavy (non-hydrogen) atoms. The van der Waals surface area contributed by atoms with Gasteiger partial charge in [0.15, 0.2) is 5.82 Å². The number of nitrogens with zero attached hydrogens (tertiary/aromatic N) is 2. The maximum absolute atomic E-state index is 12.5. The van der Waals surface area contributed by atoms with Gasteiger partial charge in [0.25, 0.3) is 10.0 Å². The van der Waals surface area contributed by atoms with Crippen LogP contribution in [-0.2, 0) is 16.6 Å². The Morgan fingerprint density at radius 2 is 1.73 bits per heavy atom. The summed E-state index contributed by atoms with van der Waals surface area (Å²) in [6, 6.07) is 11.6. The maximum atomic E-state index is 12.5. The van der Waals surface area contributed by atoms with Crippen molar-refractivity contribution in [3.63, 3.8) is 0 Å². The third kappa shape index (κ3) is 4.61. The lowest BCUT2D eigenvalue weighted by Gasteiger charge is -2.06. The van der Waals surface area contributed by atoms with Crippen LogP contribution in [-0.4, -0.2) is 18.2 Å². The fourth-order valence-corrected chi connectivity index (χ4v) is 4.32. The molecule has 1 heterocycles. The third-order valence-electron chi connectivity index (χ3n) is 3.40. The first kappa shape index (κ1) is 19.7. The van der Waals surface area contributed by atoms with E-state index in [2.05, 4.69) is 41.7 Å². The summed E-state index contributed by atoms with van der Waals surface area (Å²) in [6.07, 6.45) is 1.68. The van der Waals surface area contributed by atoms with Crippen LogP contribution in [0.15, 0.2) is 62.5 Å². The molecule has 136 valence electrons. The molecule has 1 N–H and O–H groups in total. The Hall–Kier alpha value is -1.06. The van der Waals surface area contributed by atoms with Crippen molar-refractivity contribution in [2.45, 2.75) is 11.4 Å². The molecular weight excluding hydrogens is 529 g/mol. The third-order valence-corrected chi connectivity index (χ3v) is 6.60. The SMILES string of the molecule is O=S(=O)(Nc1nn(Cc2ccc(Cl)c(Cl)c2)cc1Br)c1ccc(Br)cc1.